The van der Waals surface area contributed by atoms with Crippen LogP contribution >= 0.6 is 11.3 Å². The van der Waals surface area contributed by atoms with Gasteiger partial charge >= 0.3 is 0 Å². The molecule has 0 spiro atoms. The SMILES string of the molecule is CCC(C)C(C)Nc1ccc2ncsc2c1. The third-order valence-corrected chi connectivity index (χ3v) is 4.01. The van der Waals surface area contributed by atoms with Gasteiger partial charge in [0.25, 0.3) is 0 Å². The van der Waals surface area contributed by atoms with Gasteiger partial charge in [0.2, 0.25) is 0 Å². The van der Waals surface area contributed by atoms with E-state index in [4.69, 9.17) is 0 Å². The van der Waals surface area contributed by atoms with Crippen molar-refractivity contribution in [3.8, 4) is 0 Å². The van der Waals surface area contributed by atoms with Crippen LogP contribution in [0.2, 0.25) is 0 Å². The van der Waals surface area contributed by atoms with E-state index in [1.54, 1.807) is 11.3 Å². The molecule has 0 radical (unpaired) electrons. The van der Waals surface area contributed by atoms with Crippen molar-refractivity contribution >= 4 is 27.2 Å². The lowest BCUT2D eigenvalue weighted by atomic mass is 10.0. The van der Waals surface area contributed by atoms with Crippen molar-refractivity contribution in [2.45, 2.75) is 33.2 Å². The molecule has 0 saturated heterocycles. The standard InChI is InChI=1S/C13H18N2S/c1-4-9(2)10(3)15-11-5-6-12-13(7-11)16-8-14-12/h5-10,15H,4H2,1-3H3. The Morgan fingerprint density at radius 3 is 2.94 bits per heavy atom. The number of rotatable bonds is 4. The van der Waals surface area contributed by atoms with Crippen LogP contribution in [-0.4, -0.2) is 11.0 Å². The molecule has 1 heterocycles. The smallest absolute Gasteiger partial charge is 0.0813 e. The molecule has 2 aromatic rings. The number of aromatic nitrogens is 1. The van der Waals surface area contributed by atoms with Crippen LogP contribution in [0.4, 0.5) is 5.69 Å². The fourth-order valence-electron chi connectivity index (χ4n) is 1.70. The first-order valence-corrected chi connectivity index (χ1v) is 6.68. The lowest BCUT2D eigenvalue weighted by molar-refractivity contribution is 0.495. The van der Waals surface area contributed by atoms with Crippen LogP contribution in [0, 0.1) is 5.92 Å². The van der Waals surface area contributed by atoms with E-state index in [1.165, 1.54) is 16.8 Å². The number of thiazole rings is 1. The van der Waals surface area contributed by atoms with Crippen molar-refractivity contribution in [2.24, 2.45) is 5.92 Å². The molecule has 1 aromatic carbocycles. The lowest BCUT2D eigenvalue weighted by Gasteiger charge is -2.21. The first kappa shape index (κ1) is 11.4. The Kier molecular flexibility index (Phi) is 3.44. The molecule has 3 heteroatoms. The van der Waals surface area contributed by atoms with E-state index in [-0.39, 0.29) is 0 Å². The Hall–Kier alpha value is -1.09. The van der Waals surface area contributed by atoms with E-state index in [1.807, 2.05) is 5.51 Å². The molecule has 0 aliphatic rings. The summed E-state index contributed by atoms with van der Waals surface area (Å²) in [6, 6.07) is 6.89. The Morgan fingerprint density at radius 1 is 1.38 bits per heavy atom. The highest BCUT2D eigenvalue weighted by Crippen LogP contribution is 2.23. The molecule has 1 N–H and O–H groups in total. The summed E-state index contributed by atoms with van der Waals surface area (Å²) in [7, 11) is 0. The molecule has 16 heavy (non-hydrogen) atoms. The average molecular weight is 234 g/mol. The van der Waals surface area contributed by atoms with Gasteiger partial charge in [0.15, 0.2) is 0 Å². The third kappa shape index (κ3) is 2.35. The van der Waals surface area contributed by atoms with E-state index in [2.05, 4.69) is 49.3 Å². The highest BCUT2D eigenvalue weighted by Gasteiger charge is 2.09. The quantitative estimate of drug-likeness (QED) is 0.860. The van der Waals surface area contributed by atoms with Gasteiger partial charge in [-0.3, -0.25) is 0 Å². The summed E-state index contributed by atoms with van der Waals surface area (Å²) in [5.74, 6) is 0.692. The summed E-state index contributed by atoms with van der Waals surface area (Å²) >= 11 is 1.69. The van der Waals surface area contributed by atoms with Gasteiger partial charge in [-0.2, -0.15) is 0 Å². The van der Waals surface area contributed by atoms with Crippen LogP contribution < -0.4 is 5.32 Å². The zero-order valence-corrected chi connectivity index (χ0v) is 10.8. The van der Waals surface area contributed by atoms with Crippen LogP contribution in [0.5, 0.6) is 0 Å². The molecule has 86 valence electrons. The summed E-state index contributed by atoms with van der Waals surface area (Å²) in [5.41, 5.74) is 4.18. The highest BCUT2D eigenvalue weighted by atomic mass is 32.1. The predicted molar refractivity (Wildman–Crippen MR) is 72.2 cm³/mol. The molecule has 0 fully saturated rings. The maximum atomic E-state index is 4.28. The van der Waals surface area contributed by atoms with Gasteiger partial charge in [-0.05, 0) is 31.0 Å². The fourth-order valence-corrected chi connectivity index (χ4v) is 2.42. The van der Waals surface area contributed by atoms with Crippen molar-refractivity contribution < 1.29 is 0 Å². The zero-order chi connectivity index (χ0) is 11.5. The van der Waals surface area contributed by atoms with Gasteiger partial charge in [0.05, 0.1) is 15.7 Å². The monoisotopic (exact) mass is 234 g/mol. The second-order valence-electron chi connectivity index (χ2n) is 4.35. The van der Waals surface area contributed by atoms with Crippen molar-refractivity contribution in [3.05, 3.63) is 23.7 Å². The topological polar surface area (TPSA) is 24.9 Å². The molecule has 1 aromatic heterocycles. The molecule has 2 unspecified atom stereocenters. The van der Waals surface area contributed by atoms with Crippen molar-refractivity contribution in [1.29, 1.82) is 0 Å². The van der Waals surface area contributed by atoms with Crippen LogP contribution in [0.15, 0.2) is 23.7 Å². The van der Waals surface area contributed by atoms with E-state index in [0.29, 0.717) is 12.0 Å². The predicted octanol–water partition coefficient (Wildman–Crippen LogP) is 4.14. The fraction of sp³-hybridized carbons (Fsp3) is 0.462. The number of benzene rings is 1. The van der Waals surface area contributed by atoms with Crippen molar-refractivity contribution in [2.75, 3.05) is 5.32 Å². The minimum Gasteiger partial charge on any atom is -0.382 e. The lowest BCUT2D eigenvalue weighted by Crippen LogP contribution is -2.23. The molecule has 0 aliphatic heterocycles. The summed E-state index contributed by atoms with van der Waals surface area (Å²) in [6.07, 6.45) is 1.21. The van der Waals surface area contributed by atoms with Gasteiger partial charge in [-0.25, -0.2) is 4.98 Å². The van der Waals surface area contributed by atoms with E-state index >= 15 is 0 Å². The number of fused-ring (bicyclic) bond motifs is 1. The molecular formula is C13H18N2S. The normalized spacial score (nSPS) is 14.9. The molecule has 0 aliphatic carbocycles. The van der Waals surface area contributed by atoms with Gasteiger partial charge < -0.3 is 5.32 Å². The van der Waals surface area contributed by atoms with Crippen LogP contribution in [0.25, 0.3) is 10.2 Å². The molecule has 2 rings (SSSR count). The Balaban J connectivity index is 2.14. The number of hydrogen-bond donors (Lipinski definition) is 1. The first-order valence-electron chi connectivity index (χ1n) is 5.80. The Labute approximate surface area is 101 Å². The molecule has 2 atom stereocenters. The molecule has 0 saturated carbocycles. The van der Waals surface area contributed by atoms with Crippen LogP contribution in [0.3, 0.4) is 0 Å². The average Bonchev–Trinajstić information content (AvgIpc) is 2.75. The summed E-state index contributed by atoms with van der Waals surface area (Å²) in [6.45, 7) is 6.75. The van der Waals surface area contributed by atoms with Crippen LogP contribution in [0.1, 0.15) is 27.2 Å². The molecule has 0 amide bonds. The zero-order valence-electron chi connectivity index (χ0n) is 10.0. The molecule has 2 nitrogen and oxygen atoms in total. The number of nitrogens with zero attached hydrogens (tertiary/aromatic N) is 1. The highest BCUT2D eigenvalue weighted by molar-refractivity contribution is 7.16. The van der Waals surface area contributed by atoms with E-state index < -0.39 is 0 Å². The van der Waals surface area contributed by atoms with Crippen LogP contribution in [-0.2, 0) is 0 Å². The summed E-state index contributed by atoms with van der Waals surface area (Å²) in [4.78, 5) is 4.28. The van der Waals surface area contributed by atoms with Gasteiger partial charge in [0, 0.05) is 11.7 Å². The second-order valence-corrected chi connectivity index (χ2v) is 5.24. The minimum atomic E-state index is 0.510. The Bertz CT molecular complexity index is 464. The van der Waals surface area contributed by atoms with Gasteiger partial charge in [-0.15, -0.1) is 11.3 Å². The first-order chi connectivity index (χ1) is 7.70. The number of nitrogens with one attached hydrogen (secondary N) is 1. The third-order valence-electron chi connectivity index (χ3n) is 3.22. The maximum Gasteiger partial charge on any atom is 0.0813 e. The Morgan fingerprint density at radius 2 is 2.19 bits per heavy atom. The number of hydrogen-bond acceptors (Lipinski definition) is 3. The van der Waals surface area contributed by atoms with E-state index in [0.717, 1.165) is 5.52 Å². The van der Waals surface area contributed by atoms with Gasteiger partial charge in [-0.1, -0.05) is 20.3 Å². The van der Waals surface area contributed by atoms with Crippen molar-refractivity contribution in [3.63, 3.8) is 0 Å². The van der Waals surface area contributed by atoms with E-state index in [9.17, 15) is 0 Å². The summed E-state index contributed by atoms with van der Waals surface area (Å²) < 4.78 is 1.25. The maximum absolute atomic E-state index is 4.28. The molecule has 0 bridgehead atoms. The van der Waals surface area contributed by atoms with Crippen molar-refractivity contribution in [1.82, 2.24) is 4.98 Å². The minimum absolute atomic E-state index is 0.510. The summed E-state index contributed by atoms with van der Waals surface area (Å²) in [5, 5.41) is 3.55. The largest absolute Gasteiger partial charge is 0.382 e. The molecular weight excluding hydrogens is 216 g/mol. The second kappa shape index (κ2) is 4.83. The van der Waals surface area contributed by atoms with Gasteiger partial charge in [0.1, 0.15) is 0 Å². The number of anilines is 1.